The Kier molecular flexibility index (Phi) is 7.36. The van der Waals surface area contributed by atoms with Gasteiger partial charge in [0, 0.05) is 17.2 Å². The SMILES string of the molecule is CC(C#N)CSc1ccccc1NC(=O)NCC(C)c1ccccc1. The third-order valence-corrected chi connectivity index (χ3v) is 5.12. The number of carbonyl (C=O) groups excluding carboxylic acids is 1. The molecule has 0 fully saturated rings. The summed E-state index contributed by atoms with van der Waals surface area (Å²) in [6, 6.07) is 19.8. The molecule has 130 valence electrons. The van der Waals surface area contributed by atoms with Gasteiger partial charge in [-0.2, -0.15) is 5.26 Å². The van der Waals surface area contributed by atoms with Crippen molar-refractivity contribution >= 4 is 23.5 Å². The maximum Gasteiger partial charge on any atom is 0.319 e. The quantitative estimate of drug-likeness (QED) is 0.698. The summed E-state index contributed by atoms with van der Waals surface area (Å²) >= 11 is 1.58. The van der Waals surface area contributed by atoms with Crippen molar-refractivity contribution in [3.05, 3.63) is 60.2 Å². The molecule has 2 N–H and O–H groups in total. The largest absolute Gasteiger partial charge is 0.337 e. The molecule has 2 atom stereocenters. The molecule has 2 rings (SSSR count). The van der Waals surface area contributed by atoms with E-state index < -0.39 is 0 Å². The standard InChI is InChI=1S/C20H23N3OS/c1-15(12-21)14-25-19-11-7-6-10-18(19)23-20(24)22-13-16(2)17-8-4-3-5-9-17/h3-11,15-16H,13-14H2,1-2H3,(H2,22,23,24). The lowest BCUT2D eigenvalue weighted by atomic mass is 10.0. The van der Waals surface area contributed by atoms with Crippen LogP contribution in [0.15, 0.2) is 59.5 Å². The lowest BCUT2D eigenvalue weighted by Gasteiger charge is -2.15. The summed E-state index contributed by atoms with van der Waals surface area (Å²) in [5.41, 5.74) is 1.96. The molecule has 0 saturated carbocycles. The summed E-state index contributed by atoms with van der Waals surface area (Å²) < 4.78 is 0. The molecule has 0 aliphatic carbocycles. The van der Waals surface area contributed by atoms with Gasteiger partial charge in [-0.15, -0.1) is 11.8 Å². The lowest BCUT2D eigenvalue weighted by Crippen LogP contribution is -2.31. The highest BCUT2D eigenvalue weighted by molar-refractivity contribution is 7.99. The van der Waals surface area contributed by atoms with Crippen molar-refractivity contribution in [2.75, 3.05) is 17.6 Å². The molecule has 0 bridgehead atoms. The van der Waals surface area contributed by atoms with Gasteiger partial charge in [0.15, 0.2) is 0 Å². The summed E-state index contributed by atoms with van der Waals surface area (Å²) in [5, 5.41) is 14.7. The van der Waals surface area contributed by atoms with Gasteiger partial charge in [-0.3, -0.25) is 0 Å². The maximum atomic E-state index is 12.2. The van der Waals surface area contributed by atoms with E-state index in [0.29, 0.717) is 12.3 Å². The average molecular weight is 353 g/mol. The number of urea groups is 1. The number of benzene rings is 2. The maximum absolute atomic E-state index is 12.2. The fourth-order valence-corrected chi connectivity index (χ4v) is 3.21. The molecular formula is C20H23N3OS. The summed E-state index contributed by atoms with van der Waals surface area (Å²) in [7, 11) is 0. The van der Waals surface area contributed by atoms with Crippen molar-refractivity contribution in [3.8, 4) is 6.07 Å². The summed E-state index contributed by atoms with van der Waals surface area (Å²) in [5.74, 6) is 0.911. The molecule has 0 heterocycles. The molecular weight excluding hydrogens is 330 g/mol. The van der Waals surface area contributed by atoms with E-state index in [9.17, 15) is 4.79 Å². The van der Waals surface area contributed by atoms with Crippen molar-refractivity contribution in [2.24, 2.45) is 5.92 Å². The minimum atomic E-state index is -0.218. The second-order valence-electron chi connectivity index (χ2n) is 5.98. The Morgan fingerprint density at radius 3 is 2.52 bits per heavy atom. The zero-order chi connectivity index (χ0) is 18.1. The van der Waals surface area contributed by atoms with Crippen molar-refractivity contribution in [1.82, 2.24) is 5.32 Å². The number of anilines is 1. The summed E-state index contributed by atoms with van der Waals surface area (Å²) in [4.78, 5) is 13.2. The number of nitrogens with zero attached hydrogens (tertiary/aromatic N) is 1. The van der Waals surface area contributed by atoms with E-state index in [1.54, 1.807) is 11.8 Å². The van der Waals surface area contributed by atoms with E-state index in [-0.39, 0.29) is 17.9 Å². The summed E-state index contributed by atoms with van der Waals surface area (Å²) in [6.07, 6.45) is 0. The first-order chi connectivity index (χ1) is 12.1. The molecule has 0 aliphatic rings. The van der Waals surface area contributed by atoms with Gasteiger partial charge in [-0.1, -0.05) is 49.4 Å². The zero-order valence-corrected chi connectivity index (χ0v) is 15.3. The number of nitriles is 1. The monoisotopic (exact) mass is 353 g/mol. The van der Waals surface area contributed by atoms with Crippen LogP contribution in [0.1, 0.15) is 25.3 Å². The van der Waals surface area contributed by atoms with E-state index in [1.807, 2.05) is 49.4 Å². The van der Waals surface area contributed by atoms with E-state index >= 15 is 0 Å². The van der Waals surface area contributed by atoms with Crippen LogP contribution in [0.2, 0.25) is 0 Å². The number of rotatable bonds is 7. The number of amides is 2. The van der Waals surface area contributed by atoms with Gasteiger partial charge in [0.05, 0.1) is 17.7 Å². The van der Waals surface area contributed by atoms with Crippen LogP contribution in [0.3, 0.4) is 0 Å². The van der Waals surface area contributed by atoms with E-state index in [1.165, 1.54) is 5.56 Å². The Bertz CT molecular complexity index is 727. The Balaban J connectivity index is 1.89. The highest BCUT2D eigenvalue weighted by Crippen LogP contribution is 2.28. The van der Waals surface area contributed by atoms with E-state index in [2.05, 4.69) is 35.8 Å². The first kappa shape index (κ1) is 18.9. The first-order valence-corrected chi connectivity index (χ1v) is 9.30. The molecule has 2 aromatic carbocycles. The third-order valence-electron chi connectivity index (χ3n) is 3.78. The molecule has 2 amide bonds. The molecule has 0 saturated heterocycles. The number of nitrogens with one attached hydrogen (secondary N) is 2. The minimum absolute atomic E-state index is 0.0291. The zero-order valence-electron chi connectivity index (χ0n) is 14.5. The van der Waals surface area contributed by atoms with Gasteiger partial charge < -0.3 is 10.6 Å². The minimum Gasteiger partial charge on any atom is -0.337 e. The van der Waals surface area contributed by atoms with Crippen LogP contribution >= 0.6 is 11.8 Å². The number of thioether (sulfide) groups is 1. The average Bonchev–Trinajstić information content (AvgIpc) is 2.65. The van der Waals surface area contributed by atoms with Gasteiger partial charge >= 0.3 is 6.03 Å². The second kappa shape index (κ2) is 9.75. The number of hydrogen-bond donors (Lipinski definition) is 2. The van der Waals surface area contributed by atoms with Crippen LogP contribution in [-0.2, 0) is 0 Å². The number of para-hydroxylation sites is 1. The molecule has 4 nitrogen and oxygen atoms in total. The highest BCUT2D eigenvalue weighted by atomic mass is 32.2. The molecule has 0 radical (unpaired) electrons. The fraction of sp³-hybridized carbons (Fsp3) is 0.300. The number of carbonyl (C=O) groups is 1. The van der Waals surface area contributed by atoms with Crippen LogP contribution in [0.25, 0.3) is 0 Å². The predicted octanol–water partition coefficient (Wildman–Crippen LogP) is 4.86. The van der Waals surface area contributed by atoms with Crippen molar-refractivity contribution < 1.29 is 4.79 Å². The Hall–Kier alpha value is -2.45. The highest BCUT2D eigenvalue weighted by Gasteiger charge is 2.10. The lowest BCUT2D eigenvalue weighted by molar-refractivity contribution is 0.251. The number of hydrogen-bond acceptors (Lipinski definition) is 3. The van der Waals surface area contributed by atoms with E-state index in [0.717, 1.165) is 10.6 Å². The third kappa shape index (κ3) is 6.17. The topological polar surface area (TPSA) is 64.9 Å². The molecule has 0 aromatic heterocycles. The molecule has 0 aliphatic heterocycles. The molecule has 5 heteroatoms. The van der Waals surface area contributed by atoms with Crippen molar-refractivity contribution in [2.45, 2.75) is 24.7 Å². The van der Waals surface area contributed by atoms with Crippen LogP contribution in [0.4, 0.5) is 10.5 Å². The molecule has 2 aromatic rings. The van der Waals surface area contributed by atoms with Crippen LogP contribution in [0.5, 0.6) is 0 Å². The van der Waals surface area contributed by atoms with Crippen molar-refractivity contribution in [1.29, 1.82) is 5.26 Å². The van der Waals surface area contributed by atoms with Crippen molar-refractivity contribution in [3.63, 3.8) is 0 Å². The first-order valence-electron chi connectivity index (χ1n) is 8.31. The Morgan fingerprint density at radius 1 is 1.12 bits per heavy atom. The smallest absolute Gasteiger partial charge is 0.319 e. The van der Waals surface area contributed by atoms with Crippen LogP contribution in [-0.4, -0.2) is 18.3 Å². The predicted molar refractivity (Wildman–Crippen MR) is 104 cm³/mol. The normalized spacial score (nSPS) is 12.7. The van der Waals surface area contributed by atoms with Gasteiger partial charge in [0.1, 0.15) is 0 Å². The van der Waals surface area contributed by atoms with Gasteiger partial charge in [-0.05, 0) is 30.5 Å². The van der Waals surface area contributed by atoms with Gasteiger partial charge in [0.2, 0.25) is 0 Å². The second-order valence-corrected chi connectivity index (χ2v) is 7.05. The van der Waals surface area contributed by atoms with Crippen LogP contribution < -0.4 is 10.6 Å². The molecule has 0 spiro atoms. The fourth-order valence-electron chi connectivity index (χ4n) is 2.26. The van der Waals surface area contributed by atoms with E-state index in [4.69, 9.17) is 5.26 Å². The Morgan fingerprint density at radius 2 is 1.80 bits per heavy atom. The van der Waals surface area contributed by atoms with Gasteiger partial charge in [0.25, 0.3) is 0 Å². The Labute approximate surface area is 153 Å². The molecule has 2 unspecified atom stereocenters. The molecule has 25 heavy (non-hydrogen) atoms. The summed E-state index contributed by atoms with van der Waals surface area (Å²) in [6.45, 7) is 4.54. The van der Waals surface area contributed by atoms with Gasteiger partial charge in [-0.25, -0.2) is 4.79 Å². The van der Waals surface area contributed by atoms with Crippen LogP contribution in [0, 0.1) is 17.2 Å².